The number of anilines is 1. The lowest BCUT2D eigenvalue weighted by Crippen LogP contribution is -2.36. The number of hydrogen-bond donors (Lipinski definition) is 1. The van der Waals surface area contributed by atoms with Gasteiger partial charge in [0.05, 0.1) is 17.6 Å². The molecule has 0 atom stereocenters. The van der Waals surface area contributed by atoms with Crippen LogP contribution in [0.1, 0.15) is 18.4 Å². The average molecular weight is 400 g/mol. The van der Waals surface area contributed by atoms with Crippen LogP contribution in [0.4, 0.5) is 5.95 Å². The first-order chi connectivity index (χ1) is 12.2. The van der Waals surface area contributed by atoms with Gasteiger partial charge in [-0.05, 0) is 48.6 Å². The Bertz CT molecular complexity index is 851. The highest BCUT2D eigenvalue weighted by Crippen LogP contribution is 2.28. The summed E-state index contributed by atoms with van der Waals surface area (Å²) in [7, 11) is 0. The Hall–Kier alpha value is -1.85. The van der Waals surface area contributed by atoms with Gasteiger partial charge in [0.25, 0.3) is 0 Å². The maximum absolute atomic E-state index is 9.39. The van der Waals surface area contributed by atoms with Crippen molar-refractivity contribution in [3.05, 3.63) is 58.6 Å². The third kappa shape index (κ3) is 3.44. The molecule has 1 fully saturated rings. The molecular formula is C20H22BrN3O. The zero-order valence-electron chi connectivity index (χ0n) is 14.1. The van der Waals surface area contributed by atoms with Crippen LogP contribution in [-0.2, 0) is 6.54 Å². The number of aliphatic hydroxyl groups is 1. The molecule has 3 aromatic rings. The lowest BCUT2D eigenvalue weighted by atomic mass is 9.98. The molecule has 4 nitrogen and oxygen atoms in total. The number of aliphatic hydroxyl groups excluding tert-OH is 1. The molecule has 5 heteroatoms. The molecule has 1 aliphatic rings. The van der Waals surface area contributed by atoms with E-state index in [2.05, 4.69) is 67.9 Å². The Balaban J connectivity index is 1.69. The molecule has 0 unspecified atom stereocenters. The maximum atomic E-state index is 9.39. The second kappa shape index (κ2) is 7.18. The molecule has 2 heterocycles. The summed E-state index contributed by atoms with van der Waals surface area (Å²) >= 11 is 3.50. The summed E-state index contributed by atoms with van der Waals surface area (Å²) in [4.78, 5) is 7.28. The van der Waals surface area contributed by atoms with Gasteiger partial charge in [-0.1, -0.05) is 40.2 Å². The normalized spacial score (nSPS) is 15.8. The quantitative estimate of drug-likeness (QED) is 0.718. The van der Waals surface area contributed by atoms with Crippen molar-refractivity contribution >= 4 is 32.9 Å². The zero-order valence-corrected chi connectivity index (χ0v) is 15.7. The molecule has 0 amide bonds. The molecule has 0 saturated carbocycles. The van der Waals surface area contributed by atoms with Crippen LogP contribution >= 0.6 is 15.9 Å². The molecule has 1 aliphatic heterocycles. The Labute approximate surface area is 156 Å². The third-order valence-corrected chi connectivity index (χ3v) is 5.57. The van der Waals surface area contributed by atoms with E-state index >= 15 is 0 Å². The average Bonchev–Trinajstić information content (AvgIpc) is 3.02. The molecule has 1 saturated heterocycles. The van der Waals surface area contributed by atoms with Crippen molar-refractivity contribution in [3.8, 4) is 0 Å². The molecule has 4 rings (SSSR count). The number of aromatic nitrogens is 2. The highest BCUT2D eigenvalue weighted by Gasteiger charge is 2.23. The Morgan fingerprint density at radius 2 is 1.76 bits per heavy atom. The van der Waals surface area contributed by atoms with Crippen molar-refractivity contribution in [1.29, 1.82) is 0 Å². The fourth-order valence-electron chi connectivity index (χ4n) is 3.55. The van der Waals surface area contributed by atoms with Gasteiger partial charge < -0.3 is 14.6 Å². The monoisotopic (exact) mass is 399 g/mol. The minimum Gasteiger partial charge on any atom is -0.396 e. The van der Waals surface area contributed by atoms with Crippen molar-refractivity contribution in [1.82, 2.24) is 9.55 Å². The van der Waals surface area contributed by atoms with Crippen LogP contribution in [0.2, 0.25) is 0 Å². The van der Waals surface area contributed by atoms with Crippen molar-refractivity contribution in [3.63, 3.8) is 0 Å². The highest BCUT2D eigenvalue weighted by atomic mass is 79.9. The van der Waals surface area contributed by atoms with Crippen molar-refractivity contribution in [2.45, 2.75) is 19.4 Å². The van der Waals surface area contributed by atoms with E-state index in [-0.39, 0.29) is 0 Å². The summed E-state index contributed by atoms with van der Waals surface area (Å²) in [6.45, 7) is 3.01. The van der Waals surface area contributed by atoms with Crippen LogP contribution in [0.15, 0.2) is 53.0 Å². The van der Waals surface area contributed by atoms with Crippen LogP contribution in [0, 0.1) is 5.92 Å². The van der Waals surface area contributed by atoms with Crippen molar-refractivity contribution < 1.29 is 5.11 Å². The number of halogens is 1. The van der Waals surface area contributed by atoms with E-state index in [0.717, 1.165) is 48.4 Å². The molecule has 2 aromatic carbocycles. The largest absolute Gasteiger partial charge is 0.396 e. The predicted octanol–water partition coefficient (Wildman–Crippen LogP) is 4.06. The van der Waals surface area contributed by atoms with Gasteiger partial charge in [0.15, 0.2) is 0 Å². The molecule has 0 spiro atoms. The molecule has 1 N–H and O–H groups in total. The first-order valence-electron chi connectivity index (χ1n) is 8.80. The molecule has 0 bridgehead atoms. The number of rotatable bonds is 4. The lowest BCUT2D eigenvalue weighted by molar-refractivity contribution is 0.202. The molecule has 1 aromatic heterocycles. The second-order valence-electron chi connectivity index (χ2n) is 6.73. The van der Waals surface area contributed by atoms with Crippen molar-refractivity contribution in [2.75, 3.05) is 24.6 Å². The Morgan fingerprint density at radius 3 is 2.48 bits per heavy atom. The number of fused-ring (bicyclic) bond motifs is 1. The van der Waals surface area contributed by atoms with Gasteiger partial charge in [0.1, 0.15) is 0 Å². The smallest absolute Gasteiger partial charge is 0.206 e. The van der Waals surface area contributed by atoms with Gasteiger partial charge in [0, 0.05) is 24.2 Å². The van der Waals surface area contributed by atoms with E-state index in [9.17, 15) is 5.11 Å². The van der Waals surface area contributed by atoms with Gasteiger partial charge in [-0.25, -0.2) is 4.98 Å². The molecule has 25 heavy (non-hydrogen) atoms. The molecule has 0 aliphatic carbocycles. The number of nitrogens with zero attached hydrogens (tertiary/aromatic N) is 3. The molecule has 0 radical (unpaired) electrons. The first-order valence-corrected chi connectivity index (χ1v) is 9.59. The van der Waals surface area contributed by atoms with Crippen LogP contribution in [0.5, 0.6) is 0 Å². The van der Waals surface area contributed by atoms with E-state index in [4.69, 9.17) is 4.98 Å². The summed E-state index contributed by atoms with van der Waals surface area (Å²) < 4.78 is 3.41. The van der Waals surface area contributed by atoms with E-state index < -0.39 is 0 Å². The molecule has 130 valence electrons. The maximum Gasteiger partial charge on any atom is 0.206 e. The van der Waals surface area contributed by atoms with Crippen LogP contribution < -0.4 is 4.90 Å². The third-order valence-electron chi connectivity index (χ3n) is 5.04. The highest BCUT2D eigenvalue weighted by molar-refractivity contribution is 9.10. The predicted molar refractivity (Wildman–Crippen MR) is 105 cm³/mol. The number of piperidine rings is 1. The van der Waals surface area contributed by atoms with Gasteiger partial charge in [-0.3, -0.25) is 0 Å². The summed E-state index contributed by atoms with van der Waals surface area (Å²) in [5.74, 6) is 1.47. The van der Waals surface area contributed by atoms with Gasteiger partial charge in [0.2, 0.25) is 5.95 Å². The number of imidazole rings is 1. The van der Waals surface area contributed by atoms with E-state index in [1.165, 1.54) is 11.1 Å². The molecular weight excluding hydrogens is 378 g/mol. The van der Waals surface area contributed by atoms with Gasteiger partial charge in [-0.15, -0.1) is 0 Å². The van der Waals surface area contributed by atoms with E-state index in [1.807, 2.05) is 6.07 Å². The minimum atomic E-state index is 0.295. The number of para-hydroxylation sites is 2. The fraction of sp³-hybridized carbons (Fsp3) is 0.350. The summed E-state index contributed by atoms with van der Waals surface area (Å²) in [6.07, 6.45) is 2.05. The van der Waals surface area contributed by atoms with E-state index in [1.54, 1.807) is 0 Å². The summed E-state index contributed by atoms with van der Waals surface area (Å²) in [5.41, 5.74) is 3.47. The standard InChI is InChI=1S/C20H22BrN3O/c21-17-7-5-15(6-8-17)13-24-19-4-2-1-3-18(19)22-20(24)23-11-9-16(14-25)10-12-23/h1-8,16,25H,9-14H2. The van der Waals surface area contributed by atoms with Crippen LogP contribution in [0.3, 0.4) is 0 Å². The SMILES string of the molecule is OCC1CCN(c2nc3ccccc3n2Cc2ccc(Br)cc2)CC1. The van der Waals surface area contributed by atoms with Crippen molar-refractivity contribution in [2.24, 2.45) is 5.92 Å². The summed E-state index contributed by atoms with van der Waals surface area (Å²) in [6, 6.07) is 16.8. The fourth-order valence-corrected chi connectivity index (χ4v) is 3.81. The first kappa shape index (κ1) is 16.6. The minimum absolute atomic E-state index is 0.295. The second-order valence-corrected chi connectivity index (χ2v) is 7.64. The van der Waals surface area contributed by atoms with Crippen LogP contribution in [0.25, 0.3) is 11.0 Å². The topological polar surface area (TPSA) is 41.3 Å². The Morgan fingerprint density at radius 1 is 1.04 bits per heavy atom. The van der Waals surface area contributed by atoms with Gasteiger partial charge in [-0.2, -0.15) is 0 Å². The van der Waals surface area contributed by atoms with Gasteiger partial charge >= 0.3 is 0 Å². The number of hydrogen-bond acceptors (Lipinski definition) is 3. The zero-order chi connectivity index (χ0) is 17.2. The van der Waals surface area contributed by atoms with E-state index in [0.29, 0.717) is 12.5 Å². The summed E-state index contributed by atoms with van der Waals surface area (Å²) in [5, 5.41) is 9.39. The van der Waals surface area contributed by atoms with Crippen LogP contribution in [-0.4, -0.2) is 34.4 Å². The lowest BCUT2D eigenvalue weighted by Gasteiger charge is -2.32. The Kier molecular flexibility index (Phi) is 4.77. The number of benzene rings is 2.